The zero-order chi connectivity index (χ0) is 12.3. The average molecular weight is 232 g/mol. The number of ether oxygens (including phenoxy) is 1. The van der Waals surface area contributed by atoms with Gasteiger partial charge in [-0.1, -0.05) is 11.8 Å². The first-order chi connectivity index (χ1) is 8.20. The van der Waals surface area contributed by atoms with Gasteiger partial charge in [-0.25, -0.2) is 0 Å². The van der Waals surface area contributed by atoms with Crippen LogP contribution in [0.5, 0.6) is 5.75 Å². The van der Waals surface area contributed by atoms with Gasteiger partial charge in [0, 0.05) is 0 Å². The lowest BCUT2D eigenvalue weighted by atomic mass is 10.2. The van der Waals surface area contributed by atoms with E-state index in [0.717, 1.165) is 11.3 Å². The quantitative estimate of drug-likeness (QED) is 0.478. The lowest BCUT2D eigenvalue weighted by Crippen LogP contribution is -2.15. The van der Waals surface area contributed by atoms with Gasteiger partial charge in [0.15, 0.2) is 11.9 Å². The van der Waals surface area contributed by atoms with E-state index in [4.69, 9.17) is 10.6 Å². The Morgan fingerprint density at radius 1 is 1.47 bits per heavy atom. The van der Waals surface area contributed by atoms with E-state index in [2.05, 4.69) is 11.2 Å². The van der Waals surface area contributed by atoms with Gasteiger partial charge in [0.1, 0.15) is 5.75 Å². The summed E-state index contributed by atoms with van der Waals surface area (Å²) in [4.78, 5) is 0. The predicted octanol–water partition coefficient (Wildman–Crippen LogP) is 2.61. The molecule has 3 N–H and O–H groups in total. The molecule has 88 valence electrons. The van der Waals surface area contributed by atoms with Crippen molar-refractivity contribution in [1.82, 2.24) is 0 Å². The lowest BCUT2D eigenvalue weighted by molar-refractivity contribution is 0.252. The van der Waals surface area contributed by atoms with Crippen molar-refractivity contribution in [2.75, 3.05) is 5.43 Å². The number of hydrogen-bond donors (Lipinski definition) is 2. The molecule has 0 radical (unpaired) electrons. The van der Waals surface area contributed by atoms with Crippen LogP contribution in [0.4, 0.5) is 10.1 Å². The molecule has 0 fully saturated rings. The standard InChI is InChI=1S/C13H13FN2O/c1-9-8-10(6-7-12(9)16-15)17-13-5-3-2-4-11(13)14/h2-3,5-8,13,16H,15H2,1H3. The fourth-order valence-corrected chi connectivity index (χ4v) is 1.56. The molecule has 0 amide bonds. The zero-order valence-electron chi connectivity index (χ0n) is 9.41. The third-order valence-electron chi connectivity index (χ3n) is 2.47. The molecular formula is C13H13FN2O. The first-order valence-corrected chi connectivity index (χ1v) is 5.23. The second-order valence-corrected chi connectivity index (χ2v) is 3.70. The van der Waals surface area contributed by atoms with Gasteiger partial charge in [-0.3, -0.25) is 5.84 Å². The molecule has 0 spiro atoms. The molecule has 1 aliphatic carbocycles. The van der Waals surface area contributed by atoms with Crippen LogP contribution in [0.1, 0.15) is 5.56 Å². The Morgan fingerprint density at radius 2 is 2.29 bits per heavy atom. The summed E-state index contributed by atoms with van der Waals surface area (Å²) in [7, 11) is 0. The van der Waals surface area contributed by atoms with E-state index in [-0.39, 0.29) is 0 Å². The maximum Gasteiger partial charge on any atom is 0.187 e. The van der Waals surface area contributed by atoms with Crippen molar-refractivity contribution in [1.29, 1.82) is 0 Å². The van der Waals surface area contributed by atoms with E-state index in [0.29, 0.717) is 5.75 Å². The summed E-state index contributed by atoms with van der Waals surface area (Å²) in [6, 6.07) is 5.32. The number of benzene rings is 1. The fraction of sp³-hybridized carbons (Fsp3) is 0.154. The minimum Gasteiger partial charge on any atom is -0.478 e. The fourth-order valence-electron chi connectivity index (χ4n) is 1.56. The first-order valence-electron chi connectivity index (χ1n) is 5.23. The highest BCUT2D eigenvalue weighted by atomic mass is 19.1. The molecule has 2 rings (SSSR count). The normalized spacial score (nSPS) is 17.8. The summed E-state index contributed by atoms with van der Waals surface area (Å²) >= 11 is 0. The minimum absolute atomic E-state index is 0.425. The molecule has 1 aliphatic rings. The van der Waals surface area contributed by atoms with Gasteiger partial charge in [0.05, 0.1) is 5.69 Å². The summed E-state index contributed by atoms with van der Waals surface area (Å²) in [5.74, 6) is 5.49. The smallest absolute Gasteiger partial charge is 0.187 e. The van der Waals surface area contributed by atoms with Gasteiger partial charge < -0.3 is 10.2 Å². The molecule has 17 heavy (non-hydrogen) atoms. The number of nitrogens with one attached hydrogen (secondary N) is 1. The van der Waals surface area contributed by atoms with Crippen molar-refractivity contribution in [3.05, 3.63) is 53.5 Å². The number of anilines is 1. The summed E-state index contributed by atoms with van der Waals surface area (Å²) < 4.78 is 18.8. The van der Waals surface area contributed by atoms with E-state index in [1.54, 1.807) is 30.4 Å². The van der Waals surface area contributed by atoms with Crippen molar-refractivity contribution >= 4 is 5.69 Å². The van der Waals surface area contributed by atoms with Gasteiger partial charge in [-0.05, 0) is 42.8 Å². The highest BCUT2D eigenvalue weighted by molar-refractivity contribution is 5.52. The van der Waals surface area contributed by atoms with Crippen LogP contribution in [0.15, 0.2) is 48.0 Å². The number of allylic oxidation sites excluding steroid dienone is 1. The maximum atomic E-state index is 13.3. The highest BCUT2D eigenvalue weighted by Crippen LogP contribution is 2.23. The Kier molecular flexibility index (Phi) is 3.28. The highest BCUT2D eigenvalue weighted by Gasteiger charge is 2.14. The largest absolute Gasteiger partial charge is 0.478 e. The molecule has 0 heterocycles. The van der Waals surface area contributed by atoms with E-state index in [1.807, 2.05) is 6.92 Å². The number of nitrogens with two attached hydrogens (primary N) is 1. The van der Waals surface area contributed by atoms with Crippen molar-refractivity contribution in [2.24, 2.45) is 5.84 Å². The number of rotatable bonds is 3. The van der Waals surface area contributed by atoms with Crippen LogP contribution in [0.2, 0.25) is 0 Å². The molecule has 0 saturated heterocycles. The Labute approximate surface area is 99.1 Å². The molecule has 3 nitrogen and oxygen atoms in total. The predicted molar refractivity (Wildman–Crippen MR) is 65.2 cm³/mol. The molecule has 0 saturated carbocycles. The molecule has 4 heteroatoms. The maximum absolute atomic E-state index is 13.3. The van der Waals surface area contributed by atoms with E-state index < -0.39 is 11.9 Å². The van der Waals surface area contributed by atoms with Gasteiger partial charge >= 0.3 is 0 Å². The topological polar surface area (TPSA) is 47.3 Å². The van der Waals surface area contributed by atoms with Crippen LogP contribution in [-0.2, 0) is 0 Å². The summed E-state index contributed by atoms with van der Waals surface area (Å²) in [5, 5.41) is 0. The lowest BCUT2D eigenvalue weighted by Gasteiger charge is -2.15. The van der Waals surface area contributed by atoms with E-state index in [1.165, 1.54) is 6.08 Å². The van der Waals surface area contributed by atoms with Gasteiger partial charge in [-0.15, -0.1) is 0 Å². The number of aryl methyl sites for hydroxylation is 1. The molecule has 0 bridgehead atoms. The molecule has 1 unspecified atom stereocenters. The van der Waals surface area contributed by atoms with E-state index >= 15 is 0 Å². The van der Waals surface area contributed by atoms with Crippen LogP contribution in [0.3, 0.4) is 0 Å². The van der Waals surface area contributed by atoms with Crippen LogP contribution in [0.25, 0.3) is 0 Å². The summed E-state index contributed by atoms with van der Waals surface area (Å²) in [5.41, 5.74) is 6.79. The molecule has 1 aromatic rings. The molecular weight excluding hydrogens is 219 g/mol. The van der Waals surface area contributed by atoms with Crippen LogP contribution in [-0.4, -0.2) is 6.10 Å². The van der Waals surface area contributed by atoms with Gasteiger partial charge in [-0.2, -0.15) is 4.39 Å². The van der Waals surface area contributed by atoms with Crippen LogP contribution >= 0.6 is 0 Å². The van der Waals surface area contributed by atoms with Gasteiger partial charge in [0.25, 0.3) is 0 Å². The van der Waals surface area contributed by atoms with Crippen molar-refractivity contribution in [2.45, 2.75) is 13.0 Å². The summed E-state index contributed by atoms with van der Waals surface area (Å²) in [6.07, 6.45) is 4.16. The van der Waals surface area contributed by atoms with Crippen LogP contribution in [0, 0.1) is 6.92 Å². The zero-order valence-corrected chi connectivity index (χ0v) is 9.41. The SMILES string of the molecule is Cc1cc(OC2C=CC=C=C2F)ccc1NN. The van der Waals surface area contributed by atoms with Gasteiger partial charge in [0.2, 0.25) is 0 Å². The second kappa shape index (κ2) is 4.87. The minimum atomic E-state index is -0.698. The van der Waals surface area contributed by atoms with Crippen molar-refractivity contribution in [3.8, 4) is 5.75 Å². The Bertz CT molecular complexity index is 516. The number of hydrogen-bond acceptors (Lipinski definition) is 3. The number of hydrazine groups is 1. The first kappa shape index (κ1) is 11.5. The Morgan fingerprint density at radius 3 is 2.94 bits per heavy atom. The monoisotopic (exact) mass is 232 g/mol. The molecule has 1 aromatic carbocycles. The number of nitrogen functional groups attached to an aromatic ring is 1. The van der Waals surface area contributed by atoms with E-state index in [9.17, 15) is 4.39 Å². The molecule has 0 aromatic heterocycles. The third kappa shape index (κ3) is 2.56. The molecule has 0 aliphatic heterocycles. The van der Waals surface area contributed by atoms with Crippen LogP contribution < -0.4 is 16.0 Å². The summed E-state index contributed by atoms with van der Waals surface area (Å²) in [6.45, 7) is 1.89. The Hall–Kier alpha value is -2.03. The second-order valence-electron chi connectivity index (χ2n) is 3.70. The third-order valence-corrected chi connectivity index (χ3v) is 2.47. The average Bonchev–Trinajstić information content (AvgIpc) is 2.32. The Balaban J connectivity index is 2.17. The molecule has 1 atom stereocenters. The van der Waals surface area contributed by atoms with Crippen molar-refractivity contribution < 1.29 is 9.13 Å². The van der Waals surface area contributed by atoms with Crippen molar-refractivity contribution in [3.63, 3.8) is 0 Å². The number of halogens is 1.